The molecule has 132 valence electrons. The fourth-order valence-corrected chi connectivity index (χ4v) is 2.90. The third-order valence-electron chi connectivity index (χ3n) is 4.08. The van der Waals surface area contributed by atoms with Gasteiger partial charge in [0.25, 0.3) is 0 Å². The van der Waals surface area contributed by atoms with E-state index in [1.807, 2.05) is 18.3 Å². The van der Waals surface area contributed by atoms with E-state index >= 15 is 0 Å². The number of carbonyl (C=O) groups is 1. The Morgan fingerprint density at radius 2 is 2.04 bits per heavy atom. The molecular weight excluding hydrogens is 349 g/mol. The van der Waals surface area contributed by atoms with Crippen LogP contribution in [0, 0.1) is 5.92 Å². The van der Waals surface area contributed by atoms with E-state index in [1.165, 1.54) is 0 Å². The molecule has 1 aliphatic rings. The molecule has 1 amide bonds. The van der Waals surface area contributed by atoms with Crippen molar-refractivity contribution in [3.8, 4) is 0 Å². The number of aromatic nitrogens is 3. The number of amides is 1. The fraction of sp³-hybridized carbons (Fsp3) is 0.438. The average Bonchev–Trinajstić information content (AvgIpc) is 2.95. The lowest BCUT2D eigenvalue weighted by atomic mass is 9.85. The third kappa shape index (κ3) is 5.47. The number of halogens is 2. The zero-order valence-electron chi connectivity index (χ0n) is 13.3. The van der Waals surface area contributed by atoms with Gasteiger partial charge in [0.05, 0.1) is 18.4 Å². The third-order valence-corrected chi connectivity index (χ3v) is 4.08. The summed E-state index contributed by atoms with van der Waals surface area (Å²) >= 11 is 0. The van der Waals surface area contributed by atoms with Crippen molar-refractivity contribution in [2.24, 2.45) is 11.7 Å². The monoisotopic (exact) mass is 371 g/mol. The molecule has 3 N–H and O–H groups in total. The molecule has 2 unspecified atom stereocenters. The number of nitrogens with one attached hydrogen (secondary N) is 1. The number of pyridine rings is 1. The SMILES string of the molecule is Cl.Cl.NC1CCCC(C(=O)Nc2cnn(Cc3ccncc3)c2)C1. The molecule has 0 bridgehead atoms. The van der Waals surface area contributed by atoms with Crippen LogP contribution < -0.4 is 11.1 Å². The van der Waals surface area contributed by atoms with Crippen molar-refractivity contribution in [2.75, 3.05) is 5.32 Å². The Hall–Kier alpha value is -1.63. The van der Waals surface area contributed by atoms with E-state index in [0.29, 0.717) is 6.54 Å². The van der Waals surface area contributed by atoms with Crippen LogP contribution in [0.1, 0.15) is 31.2 Å². The maximum absolute atomic E-state index is 12.3. The van der Waals surface area contributed by atoms with Crippen molar-refractivity contribution in [1.82, 2.24) is 14.8 Å². The van der Waals surface area contributed by atoms with Gasteiger partial charge in [0, 0.05) is 30.6 Å². The lowest BCUT2D eigenvalue weighted by Crippen LogP contribution is -2.34. The number of rotatable bonds is 4. The first kappa shape index (κ1) is 20.4. The molecule has 2 aromatic heterocycles. The van der Waals surface area contributed by atoms with E-state index in [-0.39, 0.29) is 42.7 Å². The molecule has 1 fully saturated rings. The van der Waals surface area contributed by atoms with Crippen molar-refractivity contribution < 1.29 is 4.79 Å². The number of hydrogen-bond acceptors (Lipinski definition) is 4. The van der Waals surface area contributed by atoms with E-state index in [4.69, 9.17) is 5.73 Å². The van der Waals surface area contributed by atoms with Crippen LogP contribution in [0.4, 0.5) is 5.69 Å². The van der Waals surface area contributed by atoms with Gasteiger partial charge in [-0.2, -0.15) is 5.10 Å². The Labute approximate surface area is 154 Å². The second kappa shape index (κ2) is 9.61. The van der Waals surface area contributed by atoms with Crippen molar-refractivity contribution in [2.45, 2.75) is 38.3 Å². The van der Waals surface area contributed by atoms with Gasteiger partial charge in [-0.1, -0.05) is 6.42 Å². The molecule has 24 heavy (non-hydrogen) atoms. The van der Waals surface area contributed by atoms with Gasteiger partial charge in [-0.3, -0.25) is 14.5 Å². The van der Waals surface area contributed by atoms with Crippen LogP contribution >= 0.6 is 24.8 Å². The molecule has 3 rings (SSSR count). The Balaban J connectivity index is 0.00000144. The van der Waals surface area contributed by atoms with E-state index < -0.39 is 0 Å². The minimum atomic E-state index is 0. The van der Waals surface area contributed by atoms with Gasteiger partial charge in [-0.25, -0.2) is 0 Å². The van der Waals surface area contributed by atoms with Gasteiger partial charge < -0.3 is 11.1 Å². The smallest absolute Gasteiger partial charge is 0.227 e. The van der Waals surface area contributed by atoms with Gasteiger partial charge in [0.2, 0.25) is 5.91 Å². The van der Waals surface area contributed by atoms with Crippen LogP contribution in [0.3, 0.4) is 0 Å². The van der Waals surface area contributed by atoms with Crippen LogP contribution in [0.15, 0.2) is 36.9 Å². The van der Waals surface area contributed by atoms with Crippen molar-refractivity contribution in [3.05, 3.63) is 42.5 Å². The molecule has 2 atom stereocenters. The summed E-state index contributed by atoms with van der Waals surface area (Å²) in [5, 5.41) is 7.23. The van der Waals surface area contributed by atoms with Crippen LogP contribution in [0.25, 0.3) is 0 Å². The zero-order chi connectivity index (χ0) is 15.4. The Bertz CT molecular complexity index is 634. The quantitative estimate of drug-likeness (QED) is 0.864. The summed E-state index contributed by atoms with van der Waals surface area (Å²) in [6.07, 6.45) is 10.8. The Kier molecular flexibility index (Phi) is 8.18. The van der Waals surface area contributed by atoms with Gasteiger partial charge >= 0.3 is 0 Å². The minimum Gasteiger partial charge on any atom is -0.328 e. The molecule has 2 aromatic rings. The molecule has 0 aromatic carbocycles. The maximum atomic E-state index is 12.3. The number of nitrogens with zero attached hydrogens (tertiary/aromatic N) is 3. The first-order valence-corrected chi connectivity index (χ1v) is 7.68. The Morgan fingerprint density at radius 3 is 2.75 bits per heavy atom. The summed E-state index contributed by atoms with van der Waals surface area (Å²) in [5.74, 6) is 0.0749. The second-order valence-corrected chi connectivity index (χ2v) is 5.89. The highest BCUT2D eigenvalue weighted by molar-refractivity contribution is 5.92. The van der Waals surface area contributed by atoms with Gasteiger partial charge in [0.15, 0.2) is 0 Å². The lowest BCUT2D eigenvalue weighted by Gasteiger charge is -2.25. The summed E-state index contributed by atoms with van der Waals surface area (Å²) < 4.78 is 1.80. The fourth-order valence-electron chi connectivity index (χ4n) is 2.90. The predicted molar refractivity (Wildman–Crippen MR) is 98.6 cm³/mol. The standard InChI is InChI=1S/C16H21N5O.2ClH/c17-14-3-1-2-13(8-14)16(22)20-15-9-19-21(11-15)10-12-4-6-18-7-5-12;;/h4-7,9,11,13-14H,1-3,8,10,17H2,(H,20,22);2*1H. The topological polar surface area (TPSA) is 85.8 Å². The molecular formula is C16H23Cl2N5O. The van der Waals surface area contributed by atoms with Crippen LogP contribution in [-0.4, -0.2) is 26.7 Å². The first-order chi connectivity index (χ1) is 10.7. The summed E-state index contributed by atoms with van der Waals surface area (Å²) in [6.45, 7) is 0.659. The van der Waals surface area contributed by atoms with E-state index in [1.54, 1.807) is 23.3 Å². The predicted octanol–water partition coefficient (Wildman–Crippen LogP) is 2.63. The van der Waals surface area contributed by atoms with Crippen molar-refractivity contribution in [3.63, 3.8) is 0 Å². The first-order valence-electron chi connectivity index (χ1n) is 7.68. The summed E-state index contributed by atoms with van der Waals surface area (Å²) in [4.78, 5) is 16.3. The molecule has 0 saturated heterocycles. The summed E-state index contributed by atoms with van der Waals surface area (Å²) in [5.41, 5.74) is 7.80. The molecule has 0 spiro atoms. The van der Waals surface area contributed by atoms with E-state index in [2.05, 4.69) is 15.4 Å². The normalized spacial score (nSPS) is 19.7. The molecule has 6 nitrogen and oxygen atoms in total. The largest absolute Gasteiger partial charge is 0.328 e. The van der Waals surface area contributed by atoms with Crippen LogP contribution in [-0.2, 0) is 11.3 Å². The zero-order valence-corrected chi connectivity index (χ0v) is 14.9. The molecule has 2 heterocycles. The van der Waals surface area contributed by atoms with Crippen LogP contribution in [0.2, 0.25) is 0 Å². The van der Waals surface area contributed by atoms with Crippen molar-refractivity contribution in [1.29, 1.82) is 0 Å². The highest BCUT2D eigenvalue weighted by Gasteiger charge is 2.25. The average molecular weight is 372 g/mol. The summed E-state index contributed by atoms with van der Waals surface area (Å²) in [6, 6.07) is 4.05. The van der Waals surface area contributed by atoms with Gasteiger partial charge in [-0.15, -0.1) is 24.8 Å². The van der Waals surface area contributed by atoms with Gasteiger partial charge in [0.1, 0.15) is 0 Å². The minimum absolute atomic E-state index is 0. The Morgan fingerprint density at radius 1 is 1.29 bits per heavy atom. The maximum Gasteiger partial charge on any atom is 0.227 e. The highest BCUT2D eigenvalue weighted by Crippen LogP contribution is 2.24. The summed E-state index contributed by atoms with van der Waals surface area (Å²) in [7, 11) is 0. The molecule has 0 aliphatic heterocycles. The molecule has 1 aliphatic carbocycles. The molecule has 1 saturated carbocycles. The van der Waals surface area contributed by atoms with Crippen LogP contribution in [0.5, 0.6) is 0 Å². The van der Waals surface area contributed by atoms with Gasteiger partial charge in [-0.05, 0) is 37.0 Å². The second-order valence-electron chi connectivity index (χ2n) is 5.89. The molecule has 8 heteroatoms. The number of nitrogens with two attached hydrogens (primary N) is 1. The van der Waals surface area contributed by atoms with Crippen molar-refractivity contribution >= 4 is 36.4 Å². The molecule has 0 radical (unpaired) electrons. The lowest BCUT2D eigenvalue weighted by molar-refractivity contribution is -0.120. The highest BCUT2D eigenvalue weighted by atomic mass is 35.5. The number of carbonyl (C=O) groups excluding carboxylic acids is 1. The number of hydrogen-bond donors (Lipinski definition) is 2. The van der Waals surface area contributed by atoms with E-state index in [0.717, 1.165) is 36.9 Å². The number of anilines is 1. The van der Waals surface area contributed by atoms with E-state index in [9.17, 15) is 4.79 Å².